The zero-order chi connectivity index (χ0) is 13.9. The van der Waals surface area contributed by atoms with Crippen LogP contribution in [0.1, 0.15) is 0 Å². The largest absolute Gasteiger partial charge is 0.496 e. The van der Waals surface area contributed by atoms with E-state index in [4.69, 9.17) is 4.74 Å². The maximum absolute atomic E-state index is 12.1. The highest BCUT2D eigenvalue weighted by Crippen LogP contribution is 2.27. The van der Waals surface area contributed by atoms with Crippen LogP contribution < -0.4 is 9.46 Å². The third kappa shape index (κ3) is 3.21. The Morgan fingerprint density at radius 2 is 2.11 bits per heavy atom. The minimum atomic E-state index is -3.70. The molecule has 0 aliphatic rings. The monoisotopic (exact) mass is 343 g/mol. The van der Waals surface area contributed by atoms with Crippen LogP contribution in [0.25, 0.3) is 0 Å². The number of sulfonamides is 1. The predicted octanol–water partition coefficient (Wildman–Crippen LogP) is 2.05. The Morgan fingerprint density at radius 1 is 1.32 bits per heavy atom. The fourth-order valence-electron chi connectivity index (χ4n) is 1.36. The molecule has 2 rings (SSSR count). The molecule has 100 valence electrons. The number of nitrogens with one attached hydrogen (secondary N) is 1. The average molecular weight is 344 g/mol. The van der Waals surface area contributed by atoms with Gasteiger partial charge in [-0.1, -0.05) is 0 Å². The summed E-state index contributed by atoms with van der Waals surface area (Å²) in [5.41, 5.74) is 0. The van der Waals surface area contributed by atoms with Crippen LogP contribution in [0.3, 0.4) is 0 Å². The molecule has 2 aromatic rings. The lowest BCUT2D eigenvalue weighted by Crippen LogP contribution is -2.14. The zero-order valence-electron chi connectivity index (χ0n) is 9.87. The van der Waals surface area contributed by atoms with Gasteiger partial charge in [0.05, 0.1) is 22.7 Å². The molecule has 1 aromatic heterocycles. The van der Waals surface area contributed by atoms with Crippen LogP contribution in [0.5, 0.6) is 5.75 Å². The van der Waals surface area contributed by atoms with E-state index in [2.05, 4.69) is 30.6 Å². The molecule has 0 atom stereocenters. The summed E-state index contributed by atoms with van der Waals surface area (Å²) in [7, 11) is -2.19. The Bertz CT molecular complexity index is 677. The Kier molecular flexibility index (Phi) is 4.01. The van der Waals surface area contributed by atoms with E-state index in [0.717, 1.165) is 0 Å². The van der Waals surface area contributed by atoms with Crippen molar-refractivity contribution in [3.05, 3.63) is 41.3 Å². The van der Waals surface area contributed by atoms with Crippen LogP contribution in [0, 0.1) is 0 Å². The quantitative estimate of drug-likeness (QED) is 0.918. The number of anilines is 1. The van der Waals surface area contributed by atoms with Crippen LogP contribution in [0.2, 0.25) is 0 Å². The molecule has 0 aliphatic carbocycles. The van der Waals surface area contributed by atoms with Gasteiger partial charge >= 0.3 is 0 Å². The first kappa shape index (κ1) is 13.8. The third-order valence-electron chi connectivity index (χ3n) is 2.24. The maximum Gasteiger partial charge on any atom is 0.263 e. The SMILES string of the molecule is COc1ccc(S(=O)(=O)Nc2cnccn2)cc1Br. The van der Waals surface area contributed by atoms with Crippen molar-refractivity contribution in [1.29, 1.82) is 0 Å². The molecule has 0 fully saturated rings. The van der Waals surface area contributed by atoms with Gasteiger partial charge in [-0.3, -0.25) is 9.71 Å². The average Bonchev–Trinajstić information content (AvgIpc) is 2.39. The minimum Gasteiger partial charge on any atom is -0.496 e. The smallest absolute Gasteiger partial charge is 0.263 e. The van der Waals surface area contributed by atoms with Gasteiger partial charge < -0.3 is 4.74 Å². The van der Waals surface area contributed by atoms with Crippen molar-refractivity contribution in [2.75, 3.05) is 11.8 Å². The molecule has 1 N–H and O–H groups in total. The van der Waals surface area contributed by atoms with Crippen molar-refractivity contribution in [1.82, 2.24) is 9.97 Å². The lowest BCUT2D eigenvalue weighted by molar-refractivity contribution is 0.411. The Morgan fingerprint density at radius 3 is 2.68 bits per heavy atom. The Balaban J connectivity index is 2.32. The van der Waals surface area contributed by atoms with Crippen molar-refractivity contribution in [2.24, 2.45) is 0 Å². The van der Waals surface area contributed by atoms with E-state index >= 15 is 0 Å². The van der Waals surface area contributed by atoms with E-state index in [-0.39, 0.29) is 10.7 Å². The summed E-state index contributed by atoms with van der Waals surface area (Å²) in [6.45, 7) is 0. The molecule has 19 heavy (non-hydrogen) atoms. The van der Waals surface area contributed by atoms with E-state index in [1.807, 2.05) is 0 Å². The fourth-order valence-corrected chi connectivity index (χ4v) is 3.07. The molecule has 6 nitrogen and oxygen atoms in total. The van der Waals surface area contributed by atoms with Crippen LogP contribution in [-0.4, -0.2) is 25.5 Å². The molecule has 0 aliphatic heterocycles. The van der Waals surface area contributed by atoms with E-state index in [0.29, 0.717) is 10.2 Å². The minimum absolute atomic E-state index is 0.103. The highest BCUT2D eigenvalue weighted by molar-refractivity contribution is 9.10. The summed E-state index contributed by atoms with van der Waals surface area (Å²) >= 11 is 3.24. The van der Waals surface area contributed by atoms with E-state index in [9.17, 15) is 8.42 Å². The number of nitrogens with zero attached hydrogens (tertiary/aromatic N) is 2. The normalized spacial score (nSPS) is 11.1. The Labute approximate surface area is 119 Å². The molecule has 0 unspecified atom stereocenters. The topological polar surface area (TPSA) is 81.2 Å². The standard InChI is InChI=1S/C11H10BrN3O3S/c1-18-10-3-2-8(6-9(10)12)19(16,17)15-11-7-13-4-5-14-11/h2-7H,1H3,(H,14,15). The summed E-state index contributed by atoms with van der Waals surface area (Å²) < 4.78 is 32.2. The zero-order valence-corrected chi connectivity index (χ0v) is 12.3. The molecule has 0 spiro atoms. The first-order valence-electron chi connectivity index (χ1n) is 5.15. The molecule has 0 radical (unpaired) electrons. The summed E-state index contributed by atoms with van der Waals surface area (Å²) in [5, 5.41) is 0. The number of benzene rings is 1. The summed E-state index contributed by atoms with van der Waals surface area (Å²) in [5.74, 6) is 0.716. The second-order valence-corrected chi connectivity index (χ2v) is 6.03. The van der Waals surface area contributed by atoms with Crippen molar-refractivity contribution < 1.29 is 13.2 Å². The Hall–Kier alpha value is -1.67. The van der Waals surface area contributed by atoms with Gasteiger partial charge in [-0.2, -0.15) is 0 Å². The molecule has 1 heterocycles. The molecule has 0 bridgehead atoms. The third-order valence-corrected chi connectivity index (χ3v) is 4.21. The number of methoxy groups -OCH3 is 1. The highest BCUT2D eigenvalue weighted by Gasteiger charge is 2.16. The van der Waals surface area contributed by atoms with Gasteiger partial charge in [-0.15, -0.1) is 0 Å². The molecular formula is C11H10BrN3O3S. The molecule has 0 amide bonds. The maximum atomic E-state index is 12.1. The van der Waals surface area contributed by atoms with Gasteiger partial charge in [-0.05, 0) is 34.1 Å². The second kappa shape index (κ2) is 5.54. The van der Waals surface area contributed by atoms with Crippen molar-refractivity contribution in [3.63, 3.8) is 0 Å². The molecule has 0 saturated heterocycles. The van der Waals surface area contributed by atoms with Gasteiger partial charge in [0.15, 0.2) is 5.82 Å². The number of rotatable bonds is 4. The summed E-state index contributed by atoms with van der Waals surface area (Å²) in [6, 6.07) is 4.47. The highest BCUT2D eigenvalue weighted by atomic mass is 79.9. The second-order valence-electron chi connectivity index (χ2n) is 3.49. The van der Waals surface area contributed by atoms with E-state index < -0.39 is 10.0 Å². The van der Waals surface area contributed by atoms with E-state index in [1.54, 1.807) is 6.07 Å². The first-order chi connectivity index (χ1) is 9.03. The summed E-state index contributed by atoms with van der Waals surface area (Å²) in [6.07, 6.45) is 4.19. The molecule has 1 aromatic carbocycles. The summed E-state index contributed by atoms with van der Waals surface area (Å²) in [4.78, 5) is 7.75. The van der Waals surface area contributed by atoms with Gasteiger partial charge in [0.25, 0.3) is 10.0 Å². The molecule has 0 saturated carbocycles. The van der Waals surface area contributed by atoms with Gasteiger partial charge in [0.2, 0.25) is 0 Å². The van der Waals surface area contributed by atoms with Crippen LogP contribution >= 0.6 is 15.9 Å². The van der Waals surface area contributed by atoms with Gasteiger partial charge in [0, 0.05) is 12.4 Å². The van der Waals surface area contributed by atoms with E-state index in [1.165, 1.54) is 37.8 Å². The van der Waals surface area contributed by atoms with Crippen LogP contribution in [-0.2, 0) is 10.0 Å². The van der Waals surface area contributed by atoms with Crippen molar-refractivity contribution in [2.45, 2.75) is 4.90 Å². The van der Waals surface area contributed by atoms with Crippen molar-refractivity contribution in [3.8, 4) is 5.75 Å². The van der Waals surface area contributed by atoms with Crippen molar-refractivity contribution >= 4 is 31.8 Å². The molecular weight excluding hydrogens is 334 g/mol. The number of aromatic nitrogens is 2. The van der Waals surface area contributed by atoms with Gasteiger partial charge in [-0.25, -0.2) is 13.4 Å². The van der Waals surface area contributed by atoms with Crippen LogP contribution in [0.4, 0.5) is 5.82 Å². The van der Waals surface area contributed by atoms with Crippen LogP contribution in [0.15, 0.2) is 46.2 Å². The lowest BCUT2D eigenvalue weighted by Gasteiger charge is -2.08. The van der Waals surface area contributed by atoms with Gasteiger partial charge in [0.1, 0.15) is 5.75 Å². The fraction of sp³-hybridized carbons (Fsp3) is 0.0909. The first-order valence-corrected chi connectivity index (χ1v) is 7.43. The number of ether oxygens (including phenoxy) is 1. The molecule has 8 heteroatoms. The number of halogens is 1. The number of hydrogen-bond donors (Lipinski definition) is 1. The lowest BCUT2D eigenvalue weighted by atomic mass is 10.3. The predicted molar refractivity (Wildman–Crippen MR) is 73.5 cm³/mol. The number of hydrogen-bond acceptors (Lipinski definition) is 5.